The maximum absolute atomic E-state index is 12.0. The average Bonchev–Trinajstić information content (AvgIpc) is 2.79. The molecule has 0 aliphatic rings. The third-order valence-corrected chi connectivity index (χ3v) is 3.00. The predicted octanol–water partition coefficient (Wildman–Crippen LogP) is 3.10. The minimum Gasteiger partial charge on any atom is -0.456 e. The quantitative estimate of drug-likeness (QED) is 0.874. The molecule has 2 aromatic rings. The average molecular weight is 279 g/mol. The number of hydrogen-bond acceptors (Lipinski definition) is 3. The number of halogens is 1. The number of carbonyl (C=O) groups excluding carboxylic acids is 1. The number of benzene rings is 1. The lowest BCUT2D eigenvalue weighted by atomic mass is 10.2. The molecule has 0 amide bonds. The summed E-state index contributed by atoms with van der Waals surface area (Å²) in [7, 11) is 0. The molecule has 0 bridgehead atoms. The summed E-state index contributed by atoms with van der Waals surface area (Å²) in [5, 5.41) is 0.655. The number of carbonyl (C=O) groups is 1. The summed E-state index contributed by atoms with van der Waals surface area (Å²) in [6, 6.07) is 8.79. The van der Waals surface area contributed by atoms with Gasteiger partial charge in [0.1, 0.15) is 12.3 Å². The van der Waals surface area contributed by atoms with Gasteiger partial charge in [-0.2, -0.15) is 0 Å². The van der Waals surface area contributed by atoms with Crippen LogP contribution in [0.5, 0.6) is 0 Å². The number of ether oxygens (including phenoxy) is 1. The predicted molar refractivity (Wildman–Crippen MR) is 75.1 cm³/mol. The summed E-state index contributed by atoms with van der Waals surface area (Å²) < 4.78 is 7.01. The van der Waals surface area contributed by atoms with E-state index in [1.54, 1.807) is 29.0 Å². The topological polar surface area (TPSA) is 57.2 Å². The van der Waals surface area contributed by atoms with E-state index < -0.39 is 0 Å². The summed E-state index contributed by atoms with van der Waals surface area (Å²) in [4.78, 5) is 12.0. The Morgan fingerprint density at radius 1 is 1.37 bits per heavy atom. The zero-order valence-corrected chi connectivity index (χ0v) is 11.4. The van der Waals surface area contributed by atoms with Crippen molar-refractivity contribution in [1.82, 2.24) is 4.57 Å². The normalized spacial score (nSPS) is 10.4. The van der Waals surface area contributed by atoms with E-state index in [4.69, 9.17) is 22.1 Å². The maximum Gasteiger partial charge on any atom is 0.355 e. The van der Waals surface area contributed by atoms with Crippen LogP contribution in [0.2, 0.25) is 5.02 Å². The molecule has 0 radical (unpaired) electrons. The highest BCUT2D eigenvalue weighted by Gasteiger charge is 2.13. The lowest BCUT2D eigenvalue weighted by molar-refractivity contribution is 0.0460. The zero-order valence-electron chi connectivity index (χ0n) is 10.6. The van der Waals surface area contributed by atoms with Gasteiger partial charge in [-0.3, -0.25) is 0 Å². The number of nitrogen functional groups attached to an aromatic ring is 1. The van der Waals surface area contributed by atoms with Gasteiger partial charge in [-0.25, -0.2) is 4.79 Å². The zero-order chi connectivity index (χ0) is 13.8. The molecule has 5 heteroatoms. The molecule has 0 fully saturated rings. The molecule has 0 atom stereocenters. The van der Waals surface area contributed by atoms with Crippen LogP contribution in [0, 0.1) is 0 Å². The first-order chi connectivity index (χ1) is 9.10. The molecule has 1 aromatic heterocycles. The number of nitrogens with two attached hydrogens (primary N) is 1. The molecule has 0 aliphatic carbocycles. The number of aryl methyl sites for hydroxylation is 1. The Kier molecular flexibility index (Phi) is 4.12. The van der Waals surface area contributed by atoms with Gasteiger partial charge in [0.25, 0.3) is 0 Å². The lowest BCUT2D eigenvalue weighted by Crippen LogP contribution is -2.11. The Bertz CT molecular complexity index is 576. The van der Waals surface area contributed by atoms with E-state index in [9.17, 15) is 4.79 Å². The number of esters is 1. The number of rotatable bonds is 4. The van der Waals surface area contributed by atoms with Gasteiger partial charge in [0.05, 0.1) is 5.69 Å². The van der Waals surface area contributed by atoms with Crippen LogP contribution in [0.15, 0.2) is 36.5 Å². The molecule has 4 nitrogen and oxygen atoms in total. The van der Waals surface area contributed by atoms with Crippen molar-refractivity contribution in [2.75, 3.05) is 5.73 Å². The number of hydrogen-bond donors (Lipinski definition) is 1. The summed E-state index contributed by atoms with van der Waals surface area (Å²) in [5.74, 6) is -0.381. The molecule has 0 saturated carbocycles. The monoisotopic (exact) mass is 278 g/mol. The van der Waals surface area contributed by atoms with Crippen molar-refractivity contribution in [3.8, 4) is 0 Å². The van der Waals surface area contributed by atoms with E-state index in [-0.39, 0.29) is 12.6 Å². The van der Waals surface area contributed by atoms with E-state index in [0.717, 1.165) is 5.56 Å². The second kappa shape index (κ2) is 5.80. The first-order valence-corrected chi connectivity index (χ1v) is 6.35. The van der Waals surface area contributed by atoms with Crippen LogP contribution < -0.4 is 5.73 Å². The fourth-order valence-corrected chi connectivity index (χ4v) is 1.89. The number of aromatic nitrogens is 1. The summed E-state index contributed by atoms with van der Waals surface area (Å²) in [6.07, 6.45) is 1.72. The minimum atomic E-state index is -0.381. The number of nitrogens with zero attached hydrogens (tertiary/aromatic N) is 1. The molecular formula is C14H15ClN2O2. The SMILES string of the molecule is CCn1cc(N)cc1C(=O)OCc1ccc(Cl)cc1. The fourth-order valence-electron chi connectivity index (χ4n) is 1.77. The van der Waals surface area contributed by atoms with Gasteiger partial charge < -0.3 is 15.0 Å². The van der Waals surface area contributed by atoms with Crippen molar-refractivity contribution in [3.05, 3.63) is 52.8 Å². The smallest absolute Gasteiger partial charge is 0.355 e. The third-order valence-electron chi connectivity index (χ3n) is 2.75. The van der Waals surface area contributed by atoms with Crippen molar-refractivity contribution in [1.29, 1.82) is 0 Å². The molecule has 2 rings (SSSR count). The highest BCUT2D eigenvalue weighted by atomic mass is 35.5. The Morgan fingerprint density at radius 2 is 2.05 bits per heavy atom. The molecule has 0 spiro atoms. The first-order valence-electron chi connectivity index (χ1n) is 5.97. The van der Waals surface area contributed by atoms with Crippen LogP contribution in [-0.2, 0) is 17.9 Å². The molecule has 0 aliphatic heterocycles. The standard InChI is InChI=1S/C14H15ClN2O2/c1-2-17-8-12(16)7-13(17)14(18)19-9-10-3-5-11(15)6-4-10/h3-8H,2,9,16H2,1H3. The Morgan fingerprint density at radius 3 is 2.68 bits per heavy atom. The third kappa shape index (κ3) is 3.29. The number of anilines is 1. The lowest BCUT2D eigenvalue weighted by Gasteiger charge is -2.07. The highest BCUT2D eigenvalue weighted by molar-refractivity contribution is 6.30. The van der Waals surface area contributed by atoms with Crippen LogP contribution in [0.1, 0.15) is 23.0 Å². The van der Waals surface area contributed by atoms with Gasteiger partial charge >= 0.3 is 5.97 Å². The van der Waals surface area contributed by atoms with E-state index in [0.29, 0.717) is 22.9 Å². The van der Waals surface area contributed by atoms with Crippen LogP contribution in [0.25, 0.3) is 0 Å². The molecule has 0 saturated heterocycles. The van der Waals surface area contributed by atoms with Crippen LogP contribution >= 0.6 is 11.6 Å². The summed E-state index contributed by atoms with van der Waals surface area (Å²) in [6.45, 7) is 2.82. The molecule has 1 aromatic carbocycles. The molecule has 19 heavy (non-hydrogen) atoms. The van der Waals surface area contributed by atoms with Gasteiger partial charge in [0.15, 0.2) is 0 Å². The Hall–Kier alpha value is -1.94. The highest BCUT2D eigenvalue weighted by Crippen LogP contribution is 2.14. The van der Waals surface area contributed by atoms with E-state index >= 15 is 0 Å². The summed E-state index contributed by atoms with van der Waals surface area (Å²) in [5.41, 5.74) is 7.59. The first kappa shape index (κ1) is 13.5. The van der Waals surface area contributed by atoms with Gasteiger partial charge in [-0.15, -0.1) is 0 Å². The minimum absolute atomic E-state index is 0.213. The van der Waals surface area contributed by atoms with Gasteiger partial charge in [-0.05, 0) is 30.7 Å². The van der Waals surface area contributed by atoms with E-state index in [2.05, 4.69) is 0 Å². The molecule has 2 N–H and O–H groups in total. The Balaban J connectivity index is 2.03. The van der Waals surface area contributed by atoms with Gasteiger partial charge in [0, 0.05) is 17.8 Å². The van der Waals surface area contributed by atoms with Crippen molar-refractivity contribution in [3.63, 3.8) is 0 Å². The second-order valence-electron chi connectivity index (χ2n) is 4.15. The second-order valence-corrected chi connectivity index (χ2v) is 4.58. The van der Waals surface area contributed by atoms with Crippen LogP contribution in [0.4, 0.5) is 5.69 Å². The maximum atomic E-state index is 12.0. The van der Waals surface area contributed by atoms with Crippen molar-refractivity contribution in [2.45, 2.75) is 20.1 Å². The van der Waals surface area contributed by atoms with Gasteiger partial charge in [-0.1, -0.05) is 23.7 Å². The van der Waals surface area contributed by atoms with Crippen molar-refractivity contribution >= 4 is 23.3 Å². The van der Waals surface area contributed by atoms with Crippen molar-refractivity contribution in [2.24, 2.45) is 0 Å². The molecule has 0 unspecified atom stereocenters. The largest absolute Gasteiger partial charge is 0.456 e. The van der Waals surface area contributed by atoms with Gasteiger partial charge in [0.2, 0.25) is 0 Å². The fraction of sp³-hybridized carbons (Fsp3) is 0.214. The van der Waals surface area contributed by atoms with Crippen LogP contribution in [-0.4, -0.2) is 10.5 Å². The van der Waals surface area contributed by atoms with Crippen LogP contribution in [0.3, 0.4) is 0 Å². The molecule has 1 heterocycles. The summed E-state index contributed by atoms with van der Waals surface area (Å²) >= 11 is 5.79. The van der Waals surface area contributed by atoms with Crippen molar-refractivity contribution < 1.29 is 9.53 Å². The van der Waals surface area contributed by atoms with E-state index in [1.165, 1.54) is 0 Å². The van der Waals surface area contributed by atoms with E-state index in [1.807, 2.05) is 19.1 Å². The Labute approximate surface area is 116 Å². The molecular weight excluding hydrogens is 264 g/mol. The molecule has 100 valence electrons.